The summed E-state index contributed by atoms with van der Waals surface area (Å²) >= 11 is 4.94. The number of likely N-dealkylation sites (tertiary alicyclic amines) is 1. The summed E-state index contributed by atoms with van der Waals surface area (Å²) in [6.45, 7) is 1.79. The van der Waals surface area contributed by atoms with Crippen LogP contribution in [0.4, 0.5) is 0 Å². The van der Waals surface area contributed by atoms with Gasteiger partial charge in [0.15, 0.2) is 0 Å². The molecule has 2 bridgehead atoms. The lowest BCUT2D eigenvalue weighted by Gasteiger charge is -2.28. The third-order valence-electron chi connectivity index (χ3n) is 4.31. The molecule has 14 heavy (non-hydrogen) atoms. The Bertz CT molecular complexity index is 281. The van der Waals surface area contributed by atoms with E-state index < -0.39 is 0 Å². The van der Waals surface area contributed by atoms with Crippen LogP contribution < -0.4 is 5.73 Å². The first-order valence-electron chi connectivity index (χ1n) is 5.37. The van der Waals surface area contributed by atoms with E-state index in [-0.39, 0.29) is 6.10 Å². The molecule has 1 aliphatic heterocycles. The van der Waals surface area contributed by atoms with Crippen LogP contribution in [0.15, 0.2) is 0 Å². The highest BCUT2D eigenvalue weighted by Crippen LogP contribution is 2.54. The van der Waals surface area contributed by atoms with Gasteiger partial charge in [0.25, 0.3) is 0 Å². The first-order valence-corrected chi connectivity index (χ1v) is 5.78. The number of aliphatic hydroxyl groups excluding tert-OH is 1. The average molecular weight is 212 g/mol. The third kappa shape index (κ3) is 1.08. The van der Waals surface area contributed by atoms with Crippen LogP contribution in [0, 0.1) is 17.8 Å². The lowest BCUT2D eigenvalue weighted by atomic mass is 9.88. The summed E-state index contributed by atoms with van der Waals surface area (Å²) in [6.07, 6.45) is 2.33. The van der Waals surface area contributed by atoms with Gasteiger partial charge in [0.1, 0.15) is 0 Å². The molecule has 4 heteroatoms. The standard InChI is InChI=1S/C10H16N2OS/c11-8(14)4-12-3-6-1-5-2-7(6)9(12)10(5)13/h5-7,9-10,13H,1-4H2,(H2,11,14). The van der Waals surface area contributed by atoms with Crippen molar-refractivity contribution in [1.82, 2.24) is 4.90 Å². The fourth-order valence-corrected chi connectivity index (χ4v) is 4.09. The highest BCUT2D eigenvalue weighted by Gasteiger charge is 2.58. The van der Waals surface area contributed by atoms with Crippen LogP contribution in [0.5, 0.6) is 0 Å². The Morgan fingerprint density at radius 1 is 1.43 bits per heavy atom. The van der Waals surface area contributed by atoms with Crippen LogP contribution in [-0.4, -0.2) is 40.2 Å². The zero-order valence-corrected chi connectivity index (χ0v) is 8.91. The van der Waals surface area contributed by atoms with E-state index >= 15 is 0 Å². The zero-order chi connectivity index (χ0) is 9.87. The lowest BCUT2D eigenvalue weighted by molar-refractivity contribution is 0.0563. The smallest absolute Gasteiger partial charge is 0.0870 e. The fraction of sp³-hybridized carbons (Fsp3) is 0.900. The van der Waals surface area contributed by atoms with E-state index in [0.717, 1.165) is 18.4 Å². The molecule has 2 aliphatic carbocycles. The maximum Gasteiger partial charge on any atom is 0.0870 e. The SMILES string of the molecule is NC(=S)CN1CC2CC3CC2C1C3O. The summed E-state index contributed by atoms with van der Waals surface area (Å²) in [4.78, 5) is 2.86. The molecule has 3 N–H and O–H groups in total. The fourth-order valence-electron chi connectivity index (χ4n) is 3.92. The van der Waals surface area contributed by atoms with Crippen molar-refractivity contribution in [3.63, 3.8) is 0 Å². The van der Waals surface area contributed by atoms with E-state index in [1.807, 2.05) is 0 Å². The predicted octanol–water partition coefficient (Wildman–Crippen LogP) is -0.0264. The van der Waals surface area contributed by atoms with E-state index in [0.29, 0.717) is 23.5 Å². The number of rotatable bonds is 2. The van der Waals surface area contributed by atoms with Crippen LogP contribution in [0.3, 0.4) is 0 Å². The van der Waals surface area contributed by atoms with Gasteiger partial charge in [-0.1, -0.05) is 12.2 Å². The maximum absolute atomic E-state index is 10.1. The van der Waals surface area contributed by atoms with Gasteiger partial charge in [0, 0.05) is 19.1 Å². The first-order chi connectivity index (χ1) is 6.66. The minimum absolute atomic E-state index is 0.118. The normalized spacial score (nSPS) is 50.2. The second kappa shape index (κ2) is 2.90. The van der Waals surface area contributed by atoms with Gasteiger partial charge in [-0.05, 0) is 30.6 Å². The Morgan fingerprint density at radius 2 is 2.21 bits per heavy atom. The Morgan fingerprint density at radius 3 is 2.86 bits per heavy atom. The molecule has 3 rings (SSSR count). The topological polar surface area (TPSA) is 49.5 Å². The summed E-state index contributed by atoms with van der Waals surface area (Å²) in [5, 5.41) is 10.1. The van der Waals surface area contributed by atoms with Gasteiger partial charge in [-0.2, -0.15) is 0 Å². The summed E-state index contributed by atoms with van der Waals surface area (Å²) in [5.41, 5.74) is 5.57. The lowest BCUT2D eigenvalue weighted by Crippen LogP contribution is -2.43. The van der Waals surface area contributed by atoms with Crippen LogP contribution in [0.2, 0.25) is 0 Å². The molecule has 0 aromatic carbocycles. The molecule has 3 fully saturated rings. The molecule has 78 valence electrons. The number of nitrogens with zero attached hydrogens (tertiary/aromatic N) is 1. The number of hydrogen-bond donors (Lipinski definition) is 2. The van der Waals surface area contributed by atoms with Gasteiger partial charge >= 0.3 is 0 Å². The molecular formula is C10H16N2OS. The third-order valence-corrected chi connectivity index (χ3v) is 4.44. The summed E-state index contributed by atoms with van der Waals surface area (Å²) in [7, 11) is 0. The number of fused-ring (bicyclic) bond motifs is 1. The van der Waals surface area contributed by atoms with E-state index in [2.05, 4.69) is 4.90 Å². The van der Waals surface area contributed by atoms with E-state index in [9.17, 15) is 5.11 Å². The molecule has 1 saturated heterocycles. The molecule has 0 radical (unpaired) electrons. The van der Waals surface area contributed by atoms with Crippen molar-refractivity contribution in [3.05, 3.63) is 0 Å². The molecule has 3 nitrogen and oxygen atoms in total. The van der Waals surface area contributed by atoms with Crippen molar-refractivity contribution in [2.75, 3.05) is 13.1 Å². The number of thiocarbonyl (C=S) groups is 1. The minimum Gasteiger partial charge on any atom is -0.392 e. The van der Waals surface area contributed by atoms with Crippen molar-refractivity contribution in [2.24, 2.45) is 23.5 Å². The second-order valence-electron chi connectivity index (χ2n) is 5.03. The molecule has 0 spiro atoms. The monoisotopic (exact) mass is 212 g/mol. The molecule has 5 unspecified atom stereocenters. The van der Waals surface area contributed by atoms with Gasteiger partial charge in [-0.3, -0.25) is 4.90 Å². The van der Waals surface area contributed by atoms with Crippen molar-refractivity contribution in [1.29, 1.82) is 0 Å². The molecule has 0 amide bonds. The predicted molar refractivity (Wildman–Crippen MR) is 57.9 cm³/mol. The number of nitrogens with two attached hydrogens (primary N) is 1. The number of hydrogen-bond acceptors (Lipinski definition) is 3. The van der Waals surface area contributed by atoms with Gasteiger partial charge in [-0.25, -0.2) is 0 Å². The largest absolute Gasteiger partial charge is 0.392 e. The number of aliphatic hydroxyl groups is 1. The molecule has 0 aromatic rings. The molecule has 5 atom stereocenters. The molecular weight excluding hydrogens is 196 g/mol. The van der Waals surface area contributed by atoms with Crippen LogP contribution >= 0.6 is 12.2 Å². The van der Waals surface area contributed by atoms with Gasteiger partial charge in [0.2, 0.25) is 0 Å². The first kappa shape index (κ1) is 9.07. The Hall–Kier alpha value is -0.190. The Kier molecular flexibility index (Phi) is 1.88. The average Bonchev–Trinajstić information content (AvgIpc) is 2.63. The van der Waals surface area contributed by atoms with Crippen LogP contribution in [0.25, 0.3) is 0 Å². The molecule has 3 aliphatic rings. The van der Waals surface area contributed by atoms with E-state index in [4.69, 9.17) is 18.0 Å². The van der Waals surface area contributed by atoms with E-state index in [1.165, 1.54) is 12.8 Å². The molecule has 0 aromatic heterocycles. The second-order valence-corrected chi connectivity index (χ2v) is 5.56. The summed E-state index contributed by atoms with van der Waals surface area (Å²) in [5.74, 6) is 2.10. The van der Waals surface area contributed by atoms with Crippen molar-refractivity contribution >= 4 is 17.2 Å². The highest BCUT2D eigenvalue weighted by molar-refractivity contribution is 7.80. The quantitative estimate of drug-likeness (QED) is 0.631. The van der Waals surface area contributed by atoms with Crippen molar-refractivity contribution in [2.45, 2.75) is 25.0 Å². The van der Waals surface area contributed by atoms with Gasteiger partial charge in [-0.15, -0.1) is 0 Å². The van der Waals surface area contributed by atoms with Gasteiger partial charge < -0.3 is 10.8 Å². The summed E-state index contributed by atoms with van der Waals surface area (Å²) in [6, 6.07) is 0.361. The Balaban J connectivity index is 1.81. The van der Waals surface area contributed by atoms with Crippen molar-refractivity contribution < 1.29 is 5.11 Å². The maximum atomic E-state index is 10.1. The van der Waals surface area contributed by atoms with Crippen LogP contribution in [0.1, 0.15) is 12.8 Å². The molecule has 2 saturated carbocycles. The van der Waals surface area contributed by atoms with Crippen molar-refractivity contribution in [3.8, 4) is 0 Å². The molecule has 1 heterocycles. The van der Waals surface area contributed by atoms with E-state index in [1.54, 1.807) is 0 Å². The highest BCUT2D eigenvalue weighted by atomic mass is 32.1. The zero-order valence-electron chi connectivity index (χ0n) is 8.10. The summed E-state index contributed by atoms with van der Waals surface area (Å²) < 4.78 is 0. The van der Waals surface area contributed by atoms with Crippen LogP contribution in [-0.2, 0) is 0 Å². The van der Waals surface area contributed by atoms with Gasteiger partial charge in [0.05, 0.1) is 11.1 Å². The minimum atomic E-state index is -0.118. The Labute approximate surface area is 89.3 Å².